The first-order valence-corrected chi connectivity index (χ1v) is 14.2. The van der Waals surface area contributed by atoms with E-state index in [4.69, 9.17) is 0 Å². The normalized spacial score (nSPS) is 42.0. The van der Waals surface area contributed by atoms with Crippen LogP contribution >= 0.6 is 0 Å². The third kappa shape index (κ3) is 4.98. The fourth-order valence-corrected chi connectivity index (χ4v) is 9.79. The maximum Gasteiger partial charge on any atom is 0.309 e. The summed E-state index contributed by atoms with van der Waals surface area (Å²) in [6, 6.07) is 0. The maximum atomic E-state index is 12.3. The first kappa shape index (κ1) is 30.4. The zero-order valence-corrected chi connectivity index (χ0v) is 24.3. The van der Waals surface area contributed by atoms with E-state index < -0.39 is 40.1 Å². The third-order valence-electron chi connectivity index (χ3n) is 11.9. The van der Waals surface area contributed by atoms with Gasteiger partial charge in [0.2, 0.25) is 0 Å². The van der Waals surface area contributed by atoms with Gasteiger partial charge in [-0.3, -0.25) is 9.59 Å². The van der Waals surface area contributed by atoms with Crippen molar-refractivity contribution in [1.29, 1.82) is 0 Å². The molecule has 0 aromatic heterocycles. The number of hydrogen-bond donors (Lipinski definition) is 5. The number of carboxylic acid groups (broad SMARTS) is 2. The van der Waals surface area contributed by atoms with Crippen molar-refractivity contribution in [3.05, 3.63) is 0 Å². The number of aliphatic carboxylic acids is 2. The molecule has 0 aromatic carbocycles. The highest BCUT2D eigenvalue weighted by Crippen LogP contribution is 2.74. The molecule has 5 N–H and O–H groups in total. The number of hydrogen-bond acceptors (Lipinski definition) is 5. The second kappa shape index (κ2) is 9.48. The van der Waals surface area contributed by atoms with Crippen LogP contribution in [0.2, 0.25) is 0 Å². The zero-order valence-electron chi connectivity index (χ0n) is 24.3. The largest absolute Gasteiger partial charge is 0.481 e. The van der Waals surface area contributed by atoms with E-state index in [1.54, 1.807) is 27.7 Å². The average molecular weight is 525 g/mol. The Hall–Kier alpha value is -1.18. The molecule has 37 heavy (non-hydrogen) atoms. The number of carboxylic acids is 2. The van der Waals surface area contributed by atoms with E-state index >= 15 is 0 Å². The topological polar surface area (TPSA) is 135 Å². The molecule has 7 nitrogen and oxygen atoms in total. The molecule has 0 saturated heterocycles. The van der Waals surface area contributed by atoms with Crippen LogP contribution in [-0.2, 0) is 9.59 Å². The summed E-state index contributed by atoms with van der Waals surface area (Å²) in [4.78, 5) is 24.5. The minimum Gasteiger partial charge on any atom is -0.481 e. The van der Waals surface area contributed by atoms with Crippen molar-refractivity contribution in [2.75, 3.05) is 0 Å². The standard InChI is InChI=1S/C30H52O7/c1-25(2,36)12-9-13-30(8,37)18-10-14-29(7)23(18)19(31)16-21-27(5,17-22(32)33)20(11-15-28(21,29)6)26(3,4)24(34)35/h18-21,23,31,36-37H,9-17H2,1-8H3,(H,32,33)(H,34,35)/t18-,19+,20-,21+,23-,27-,28+,29+,30+/m0/s1. The van der Waals surface area contributed by atoms with Gasteiger partial charge in [-0.05, 0) is 126 Å². The lowest BCUT2D eigenvalue weighted by Crippen LogP contribution is -2.65. The summed E-state index contributed by atoms with van der Waals surface area (Å²) in [5, 5.41) is 53.6. The van der Waals surface area contributed by atoms with Gasteiger partial charge in [0.1, 0.15) is 0 Å². The lowest BCUT2D eigenvalue weighted by molar-refractivity contribution is -0.230. The van der Waals surface area contributed by atoms with Gasteiger partial charge in [0.25, 0.3) is 0 Å². The van der Waals surface area contributed by atoms with Gasteiger partial charge in [-0.1, -0.05) is 20.8 Å². The molecule has 0 radical (unpaired) electrons. The minimum atomic E-state index is -1.09. The summed E-state index contributed by atoms with van der Waals surface area (Å²) in [5.74, 6) is -2.54. The molecular weight excluding hydrogens is 472 g/mol. The molecule has 3 aliphatic rings. The number of fused-ring (bicyclic) bond motifs is 3. The first-order valence-electron chi connectivity index (χ1n) is 14.2. The van der Waals surface area contributed by atoms with E-state index in [0.29, 0.717) is 32.1 Å². The van der Waals surface area contributed by atoms with Crippen molar-refractivity contribution >= 4 is 11.9 Å². The molecule has 0 aromatic rings. The predicted octanol–water partition coefficient (Wildman–Crippen LogP) is 5.10. The van der Waals surface area contributed by atoms with Gasteiger partial charge in [-0.15, -0.1) is 0 Å². The highest BCUT2D eigenvalue weighted by atomic mass is 16.4. The highest BCUT2D eigenvalue weighted by molar-refractivity contribution is 5.75. The highest BCUT2D eigenvalue weighted by Gasteiger charge is 2.71. The Morgan fingerprint density at radius 2 is 1.46 bits per heavy atom. The van der Waals surface area contributed by atoms with Gasteiger partial charge in [0.15, 0.2) is 0 Å². The fourth-order valence-electron chi connectivity index (χ4n) is 9.79. The molecule has 0 spiro atoms. The summed E-state index contributed by atoms with van der Waals surface area (Å²) in [6.45, 7) is 15.3. The molecule has 3 rings (SSSR count). The minimum absolute atomic E-state index is 0.0917. The van der Waals surface area contributed by atoms with Crippen molar-refractivity contribution in [2.24, 2.45) is 45.3 Å². The van der Waals surface area contributed by atoms with Crippen LogP contribution in [0.5, 0.6) is 0 Å². The molecule has 0 unspecified atom stereocenters. The number of carbonyl (C=O) groups is 2. The van der Waals surface area contributed by atoms with E-state index in [-0.39, 0.29) is 40.9 Å². The van der Waals surface area contributed by atoms with Crippen molar-refractivity contribution in [1.82, 2.24) is 0 Å². The van der Waals surface area contributed by atoms with Crippen molar-refractivity contribution < 1.29 is 35.1 Å². The Morgan fingerprint density at radius 3 is 1.97 bits per heavy atom. The van der Waals surface area contributed by atoms with E-state index in [9.17, 15) is 35.1 Å². The second-order valence-electron chi connectivity index (χ2n) is 15.1. The molecule has 3 fully saturated rings. The van der Waals surface area contributed by atoms with Gasteiger partial charge in [0.05, 0.1) is 29.1 Å². The summed E-state index contributed by atoms with van der Waals surface area (Å²) in [6.07, 6.45) is 4.46. The van der Waals surface area contributed by atoms with Crippen LogP contribution in [-0.4, -0.2) is 54.8 Å². The first-order chi connectivity index (χ1) is 16.6. The lowest BCUT2D eigenvalue weighted by Gasteiger charge is -2.68. The smallest absolute Gasteiger partial charge is 0.309 e. The van der Waals surface area contributed by atoms with Crippen LogP contribution < -0.4 is 0 Å². The molecule has 3 aliphatic carbocycles. The summed E-state index contributed by atoms with van der Waals surface area (Å²) < 4.78 is 0. The summed E-state index contributed by atoms with van der Waals surface area (Å²) >= 11 is 0. The van der Waals surface area contributed by atoms with Crippen molar-refractivity contribution in [3.8, 4) is 0 Å². The van der Waals surface area contributed by atoms with Gasteiger partial charge >= 0.3 is 11.9 Å². The lowest BCUT2D eigenvalue weighted by atomic mass is 9.36. The van der Waals surface area contributed by atoms with Crippen LogP contribution in [0.1, 0.15) is 113 Å². The van der Waals surface area contributed by atoms with E-state index in [0.717, 1.165) is 19.3 Å². The van der Waals surface area contributed by atoms with Crippen LogP contribution in [0, 0.1) is 45.3 Å². The molecule has 0 amide bonds. The molecule has 9 atom stereocenters. The van der Waals surface area contributed by atoms with Crippen LogP contribution in [0.15, 0.2) is 0 Å². The molecule has 3 saturated carbocycles. The monoisotopic (exact) mass is 524 g/mol. The van der Waals surface area contributed by atoms with Crippen molar-refractivity contribution in [2.45, 2.75) is 130 Å². The van der Waals surface area contributed by atoms with E-state index in [1.165, 1.54) is 0 Å². The second-order valence-corrected chi connectivity index (χ2v) is 15.1. The maximum absolute atomic E-state index is 12.3. The summed E-state index contributed by atoms with van der Waals surface area (Å²) in [5.41, 5.74) is -4.24. The van der Waals surface area contributed by atoms with Gasteiger partial charge in [-0.25, -0.2) is 0 Å². The Bertz CT molecular complexity index is 889. The number of rotatable bonds is 9. The van der Waals surface area contributed by atoms with Gasteiger partial charge < -0.3 is 25.5 Å². The zero-order chi connectivity index (χ0) is 28.4. The quantitative estimate of drug-likeness (QED) is 0.283. The SMILES string of the molecule is CC(C)(O)CCC[C@@](C)(O)[C@H]1CC[C@]2(C)[C@@H]1[C@H](O)C[C@@H]1[C@@](C)(CC(=O)O)[C@H](C(C)(C)C(=O)O)CC[C@]12C. The van der Waals surface area contributed by atoms with Crippen LogP contribution in [0.3, 0.4) is 0 Å². The molecule has 0 bridgehead atoms. The van der Waals surface area contributed by atoms with E-state index in [2.05, 4.69) is 13.8 Å². The summed E-state index contributed by atoms with van der Waals surface area (Å²) in [7, 11) is 0. The molecule has 0 heterocycles. The molecule has 7 heteroatoms. The predicted molar refractivity (Wildman–Crippen MR) is 142 cm³/mol. The number of aliphatic hydroxyl groups is 3. The fraction of sp³-hybridized carbons (Fsp3) is 0.933. The Labute approximate surface area is 223 Å². The van der Waals surface area contributed by atoms with Gasteiger partial charge in [0, 0.05) is 0 Å². The third-order valence-corrected chi connectivity index (χ3v) is 11.9. The van der Waals surface area contributed by atoms with Crippen LogP contribution in [0.25, 0.3) is 0 Å². The Morgan fingerprint density at radius 1 is 0.892 bits per heavy atom. The Kier molecular flexibility index (Phi) is 7.78. The Balaban J connectivity index is 2.00. The number of aliphatic hydroxyl groups excluding tert-OH is 1. The average Bonchev–Trinajstić information content (AvgIpc) is 3.09. The van der Waals surface area contributed by atoms with Crippen LogP contribution in [0.4, 0.5) is 0 Å². The molecule has 0 aliphatic heterocycles. The van der Waals surface area contributed by atoms with E-state index in [1.807, 2.05) is 13.8 Å². The van der Waals surface area contributed by atoms with Gasteiger partial charge in [-0.2, -0.15) is 0 Å². The van der Waals surface area contributed by atoms with Crippen molar-refractivity contribution in [3.63, 3.8) is 0 Å². The molecular formula is C30H52O7. The molecule has 214 valence electrons.